The zero-order chi connectivity index (χ0) is 18.3. The molecule has 1 atom stereocenters. The fraction of sp³-hybridized carbons (Fsp3) is 0.300. The van der Waals surface area contributed by atoms with Crippen molar-refractivity contribution >= 4 is 32.5 Å². The number of aromatic amines is 1. The van der Waals surface area contributed by atoms with E-state index in [0.29, 0.717) is 23.0 Å². The highest BCUT2D eigenvalue weighted by Gasteiger charge is 2.31. The Morgan fingerprint density at radius 3 is 2.65 bits per heavy atom. The zero-order valence-corrected chi connectivity index (χ0v) is 16.1. The first-order valence-electron chi connectivity index (χ1n) is 8.78. The second-order valence-electron chi connectivity index (χ2n) is 6.97. The Balaban J connectivity index is 1.61. The number of piperidine rings is 1. The molecule has 1 aliphatic rings. The number of nitrogens with zero attached hydrogens (tertiary/aromatic N) is 1. The minimum atomic E-state index is -3.46. The van der Waals surface area contributed by atoms with Crippen LogP contribution in [0, 0.1) is 6.92 Å². The van der Waals surface area contributed by atoms with Crippen LogP contribution >= 0.6 is 11.6 Å². The molecular weight excluding hydrogens is 368 g/mol. The number of H-pyrrole nitrogens is 1. The molecule has 3 aromatic rings. The average molecular weight is 389 g/mol. The minimum Gasteiger partial charge on any atom is -0.358 e. The van der Waals surface area contributed by atoms with Gasteiger partial charge in [-0.1, -0.05) is 29.3 Å². The van der Waals surface area contributed by atoms with E-state index in [2.05, 4.69) is 11.1 Å². The number of sulfonamides is 1. The van der Waals surface area contributed by atoms with Crippen LogP contribution in [0.4, 0.5) is 0 Å². The minimum absolute atomic E-state index is 0.162. The second kappa shape index (κ2) is 6.72. The fourth-order valence-electron chi connectivity index (χ4n) is 3.62. The Morgan fingerprint density at radius 1 is 1.12 bits per heavy atom. The van der Waals surface area contributed by atoms with Gasteiger partial charge in [-0.3, -0.25) is 0 Å². The quantitative estimate of drug-likeness (QED) is 0.707. The molecule has 26 heavy (non-hydrogen) atoms. The van der Waals surface area contributed by atoms with Crippen molar-refractivity contribution in [3.63, 3.8) is 0 Å². The monoisotopic (exact) mass is 388 g/mol. The Kier molecular flexibility index (Phi) is 4.55. The maximum absolute atomic E-state index is 13.0. The SMILES string of the molecule is Cc1ccc(S(=O)(=O)N2CCCC(c3cc4cc(Cl)ccc4[nH]3)C2)cc1. The molecule has 1 saturated heterocycles. The van der Waals surface area contributed by atoms with Crippen molar-refractivity contribution in [2.75, 3.05) is 13.1 Å². The normalized spacial score (nSPS) is 19.1. The molecule has 1 aromatic heterocycles. The third-order valence-corrected chi connectivity index (χ3v) is 7.20. The van der Waals surface area contributed by atoms with Gasteiger partial charge in [0.2, 0.25) is 10.0 Å². The molecule has 0 bridgehead atoms. The summed E-state index contributed by atoms with van der Waals surface area (Å²) in [5.41, 5.74) is 3.16. The third-order valence-electron chi connectivity index (χ3n) is 5.09. The number of fused-ring (bicyclic) bond motifs is 1. The molecule has 1 N–H and O–H groups in total. The lowest BCUT2D eigenvalue weighted by Crippen LogP contribution is -2.39. The number of hydrogen-bond donors (Lipinski definition) is 1. The summed E-state index contributed by atoms with van der Waals surface area (Å²) in [6.45, 7) is 3.02. The predicted octanol–water partition coefficient (Wildman–Crippen LogP) is 4.70. The lowest BCUT2D eigenvalue weighted by atomic mass is 9.96. The van der Waals surface area contributed by atoms with Crippen molar-refractivity contribution in [1.29, 1.82) is 0 Å². The molecule has 0 aliphatic carbocycles. The van der Waals surface area contributed by atoms with Gasteiger partial charge in [0, 0.05) is 40.6 Å². The summed E-state index contributed by atoms with van der Waals surface area (Å²) in [5, 5.41) is 1.77. The summed E-state index contributed by atoms with van der Waals surface area (Å²) in [6.07, 6.45) is 1.83. The molecule has 2 aromatic carbocycles. The van der Waals surface area contributed by atoms with Gasteiger partial charge in [-0.15, -0.1) is 0 Å². The van der Waals surface area contributed by atoms with E-state index in [4.69, 9.17) is 11.6 Å². The van der Waals surface area contributed by atoms with Crippen LogP contribution in [0.1, 0.15) is 30.0 Å². The van der Waals surface area contributed by atoms with Crippen LogP contribution in [0.25, 0.3) is 10.9 Å². The van der Waals surface area contributed by atoms with E-state index in [1.54, 1.807) is 16.4 Å². The van der Waals surface area contributed by atoms with Crippen LogP contribution < -0.4 is 0 Å². The van der Waals surface area contributed by atoms with E-state index in [1.807, 2.05) is 37.3 Å². The first-order valence-corrected chi connectivity index (χ1v) is 10.6. The highest BCUT2D eigenvalue weighted by atomic mass is 35.5. The van der Waals surface area contributed by atoms with Crippen molar-refractivity contribution in [3.8, 4) is 0 Å². The van der Waals surface area contributed by atoms with E-state index >= 15 is 0 Å². The Hall–Kier alpha value is -1.82. The van der Waals surface area contributed by atoms with Crippen LogP contribution in [0.2, 0.25) is 5.02 Å². The van der Waals surface area contributed by atoms with Gasteiger partial charge in [0.25, 0.3) is 0 Å². The summed E-state index contributed by atoms with van der Waals surface area (Å²) < 4.78 is 27.6. The van der Waals surface area contributed by atoms with Gasteiger partial charge in [-0.25, -0.2) is 8.42 Å². The molecule has 1 fully saturated rings. The van der Waals surface area contributed by atoms with E-state index in [0.717, 1.165) is 35.0 Å². The molecule has 6 heteroatoms. The van der Waals surface area contributed by atoms with Crippen LogP contribution in [0.3, 0.4) is 0 Å². The molecule has 1 unspecified atom stereocenters. The number of aryl methyl sites for hydroxylation is 1. The largest absolute Gasteiger partial charge is 0.358 e. The van der Waals surface area contributed by atoms with Crippen LogP contribution in [-0.2, 0) is 10.0 Å². The molecular formula is C20H21ClN2O2S. The highest BCUT2D eigenvalue weighted by molar-refractivity contribution is 7.89. The Labute approximate surface area is 158 Å². The Bertz CT molecular complexity index is 1040. The lowest BCUT2D eigenvalue weighted by molar-refractivity contribution is 0.313. The lowest BCUT2D eigenvalue weighted by Gasteiger charge is -2.31. The maximum atomic E-state index is 13.0. The van der Waals surface area contributed by atoms with E-state index in [-0.39, 0.29) is 5.92 Å². The van der Waals surface area contributed by atoms with Gasteiger partial charge in [-0.2, -0.15) is 4.31 Å². The first-order chi connectivity index (χ1) is 12.4. The van der Waals surface area contributed by atoms with Gasteiger partial charge < -0.3 is 4.98 Å². The van der Waals surface area contributed by atoms with Gasteiger partial charge >= 0.3 is 0 Å². The van der Waals surface area contributed by atoms with Crippen LogP contribution in [-0.4, -0.2) is 30.8 Å². The second-order valence-corrected chi connectivity index (χ2v) is 9.35. The average Bonchev–Trinajstić information content (AvgIpc) is 3.05. The highest BCUT2D eigenvalue weighted by Crippen LogP contribution is 2.32. The zero-order valence-electron chi connectivity index (χ0n) is 14.6. The number of nitrogens with one attached hydrogen (secondary N) is 1. The number of hydrogen-bond acceptors (Lipinski definition) is 2. The third kappa shape index (κ3) is 3.27. The molecule has 0 amide bonds. The fourth-order valence-corrected chi connectivity index (χ4v) is 5.32. The van der Waals surface area contributed by atoms with Crippen LogP contribution in [0.15, 0.2) is 53.4 Å². The van der Waals surface area contributed by atoms with Gasteiger partial charge in [0.1, 0.15) is 0 Å². The molecule has 0 radical (unpaired) electrons. The number of rotatable bonds is 3. The number of benzene rings is 2. The Morgan fingerprint density at radius 2 is 1.88 bits per heavy atom. The number of aromatic nitrogens is 1. The molecule has 4 nitrogen and oxygen atoms in total. The van der Waals surface area contributed by atoms with Crippen LogP contribution in [0.5, 0.6) is 0 Å². The standard InChI is InChI=1S/C20H21ClN2O2S/c1-14-4-7-18(8-5-14)26(24,25)23-10-2-3-15(13-23)20-12-16-11-17(21)6-9-19(16)22-20/h4-9,11-12,15,22H,2-3,10,13H2,1H3. The van der Waals surface area contributed by atoms with Gasteiger partial charge in [0.15, 0.2) is 0 Å². The molecule has 2 heterocycles. The molecule has 1 aliphatic heterocycles. The van der Waals surface area contributed by atoms with E-state index < -0.39 is 10.0 Å². The summed E-state index contributed by atoms with van der Waals surface area (Å²) in [6, 6.07) is 14.9. The maximum Gasteiger partial charge on any atom is 0.243 e. The predicted molar refractivity (Wildman–Crippen MR) is 105 cm³/mol. The first kappa shape index (κ1) is 17.6. The smallest absolute Gasteiger partial charge is 0.243 e. The van der Waals surface area contributed by atoms with Gasteiger partial charge in [-0.05, 0) is 56.2 Å². The summed E-state index contributed by atoms with van der Waals surface area (Å²) in [5.74, 6) is 0.162. The van der Waals surface area contributed by atoms with Crippen molar-refractivity contribution < 1.29 is 8.42 Å². The molecule has 0 spiro atoms. The summed E-state index contributed by atoms with van der Waals surface area (Å²) in [4.78, 5) is 3.80. The number of halogens is 1. The van der Waals surface area contributed by atoms with Crippen molar-refractivity contribution in [3.05, 3.63) is 64.8 Å². The van der Waals surface area contributed by atoms with Gasteiger partial charge in [0.05, 0.1) is 4.90 Å². The van der Waals surface area contributed by atoms with E-state index in [1.165, 1.54) is 0 Å². The van der Waals surface area contributed by atoms with Crippen molar-refractivity contribution in [1.82, 2.24) is 9.29 Å². The topological polar surface area (TPSA) is 53.2 Å². The molecule has 0 saturated carbocycles. The van der Waals surface area contributed by atoms with Crippen molar-refractivity contribution in [2.45, 2.75) is 30.6 Å². The summed E-state index contributed by atoms with van der Waals surface area (Å²) in [7, 11) is -3.46. The van der Waals surface area contributed by atoms with E-state index in [9.17, 15) is 8.42 Å². The molecule has 136 valence electrons. The summed E-state index contributed by atoms with van der Waals surface area (Å²) >= 11 is 6.07. The molecule has 4 rings (SSSR count). The van der Waals surface area contributed by atoms with Crippen molar-refractivity contribution in [2.24, 2.45) is 0 Å².